The van der Waals surface area contributed by atoms with E-state index >= 15 is 0 Å². The molecule has 0 spiro atoms. The molecule has 0 heterocycles. The SMILES string of the molecule is CCCNC1CCC(CC)CC1Oc1ccc(C)cc1. The Bertz CT molecular complexity index is 387. The van der Waals surface area contributed by atoms with Crippen LogP contribution in [0.4, 0.5) is 0 Å². The van der Waals surface area contributed by atoms with E-state index in [9.17, 15) is 0 Å². The molecular weight excluding hydrogens is 246 g/mol. The molecule has 0 aromatic heterocycles. The third-order valence-corrected chi connectivity index (χ3v) is 4.44. The Morgan fingerprint density at radius 3 is 2.55 bits per heavy atom. The first-order valence-corrected chi connectivity index (χ1v) is 8.19. The molecule has 1 aromatic carbocycles. The van der Waals surface area contributed by atoms with Crippen molar-refractivity contribution in [1.82, 2.24) is 5.32 Å². The van der Waals surface area contributed by atoms with Gasteiger partial charge in [-0.1, -0.05) is 38.0 Å². The van der Waals surface area contributed by atoms with Gasteiger partial charge in [0.2, 0.25) is 0 Å². The highest BCUT2D eigenvalue weighted by molar-refractivity contribution is 5.26. The number of benzene rings is 1. The molecule has 112 valence electrons. The summed E-state index contributed by atoms with van der Waals surface area (Å²) in [5.41, 5.74) is 1.29. The van der Waals surface area contributed by atoms with E-state index in [2.05, 4.69) is 50.4 Å². The highest BCUT2D eigenvalue weighted by Crippen LogP contribution is 2.30. The van der Waals surface area contributed by atoms with Crippen molar-refractivity contribution < 1.29 is 4.74 Å². The molecule has 3 atom stereocenters. The number of aryl methyl sites for hydroxylation is 1. The van der Waals surface area contributed by atoms with E-state index in [0.717, 1.165) is 18.2 Å². The van der Waals surface area contributed by atoms with E-state index in [4.69, 9.17) is 4.74 Å². The smallest absolute Gasteiger partial charge is 0.119 e. The fraction of sp³-hybridized carbons (Fsp3) is 0.667. The highest BCUT2D eigenvalue weighted by Gasteiger charge is 2.30. The number of nitrogens with one attached hydrogen (secondary N) is 1. The Morgan fingerprint density at radius 1 is 1.15 bits per heavy atom. The normalized spacial score (nSPS) is 26.4. The number of rotatable bonds is 6. The van der Waals surface area contributed by atoms with Gasteiger partial charge in [-0.15, -0.1) is 0 Å². The lowest BCUT2D eigenvalue weighted by Gasteiger charge is -2.36. The summed E-state index contributed by atoms with van der Waals surface area (Å²) < 4.78 is 6.29. The zero-order valence-electron chi connectivity index (χ0n) is 13.2. The Balaban J connectivity index is 2.00. The average molecular weight is 275 g/mol. The molecule has 2 heteroatoms. The summed E-state index contributed by atoms with van der Waals surface area (Å²) in [6.45, 7) is 7.73. The molecule has 0 radical (unpaired) electrons. The molecule has 2 rings (SSSR count). The van der Waals surface area contributed by atoms with Gasteiger partial charge >= 0.3 is 0 Å². The minimum atomic E-state index is 0.322. The Kier molecular flexibility index (Phi) is 5.90. The topological polar surface area (TPSA) is 21.3 Å². The number of hydrogen-bond donors (Lipinski definition) is 1. The second-order valence-corrected chi connectivity index (χ2v) is 6.12. The van der Waals surface area contributed by atoms with Gasteiger partial charge in [-0.3, -0.25) is 0 Å². The molecular formula is C18H29NO. The van der Waals surface area contributed by atoms with Crippen molar-refractivity contribution in [3.8, 4) is 5.75 Å². The minimum Gasteiger partial charge on any atom is -0.489 e. The first-order chi connectivity index (χ1) is 9.72. The number of hydrogen-bond acceptors (Lipinski definition) is 2. The zero-order chi connectivity index (χ0) is 14.4. The summed E-state index contributed by atoms with van der Waals surface area (Å²) in [7, 11) is 0. The van der Waals surface area contributed by atoms with Crippen molar-refractivity contribution in [2.24, 2.45) is 5.92 Å². The van der Waals surface area contributed by atoms with Crippen LogP contribution in [0.15, 0.2) is 24.3 Å². The maximum atomic E-state index is 6.29. The largest absolute Gasteiger partial charge is 0.489 e. The molecule has 1 N–H and O–H groups in total. The van der Waals surface area contributed by atoms with Gasteiger partial charge in [0.15, 0.2) is 0 Å². The van der Waals surface area contributed by atoms with Crippen molar-refractivity contribution in [1.29, 1.82) is 0 Å². The predicted octanol–water partition coefficient (Wildman–Crippen LogP) is 4.32. The molecule has 0 saturated heterocycles. The van der Waals surface area contributed by atoms with Crippen LogP contribution >= 0.6 is 0 Å². The van der Waals surface area contributed by atoms with Gasteiger partial charge in [-0.2, -0.15) is 0 Å². The fourth-order valence-electron chi connectivity index (χ4n) is 3.07. The highest BCUT2D eigenvalue weighted by atomic mass is 16.5. The second-order valence-electron chi connectivity index (χ2n) is 6.12. The standard InChI is InChI=1S/C18H29NO/c1-4-12-19-17-11-8-15(5-2)13-18(17)20-16-9-6-14(3)7-10-16/h6-7,9-10,15,17-19H,4-5,8,11-13H2,1-3H3. The lowest BCUT2D eigenvalue weighted by Crippen LogP contribution is -2.47. The van der Waals surface area contributed by atoms with Crippen molar-refractivity contribution in [3.63, 3.8) is 0 Å². The summed E-state index contributed by atoms with van der Waals surface area (Å²) in [5.74, 6) is 1.84. The van der Waals surface area contributed by atoms with Gasteiger partial charge < -0.3 is 10.1 Å². The van der Waals surface area contributed by atoms with Gasteiger partial charge in [-0.05, 0) is 57.2 Å². The first kappa shape index (κ1) is 15.4. The zero-order valence-corrected chi connectivity index (χ0v) is 13.2. The van der Waals surface area contributed by atoms with Crippen LogP contribution in [0.5, 0.6) is 5.75 Å². The van der Waals surface area contributed by atoms with Gasteiger partial charge in [0.1, 0.15) is 11.9 Å². The van der Waals surface area contributed by atoms with Crippen LogP contribution in [0.2, 0.25) is 0 Å². The molecule has 1 aliphatic rings. The summed E-state index contributed by atoms with van der Waals surface area (Å²) in [6.07, 6.45) is 6.55. The third-order valence-electron chi connectivity index (χ3n) is 4.44. The molecule has 0 aliphatic heterocycles. The van der Waals surface area contributed by atoms with Crippen molar-refractivity contribution in [3.05, 3.63) is 29.8 Å². The van der Waals surface area contributed by atoms with E-state index in [1.54, 1.807) is 0 Å². The van der Waals surface area contributed by atoms with Crippen LogP contribution in [0.3, 0.4) is 0 Å². The van der Waals surface area contributed by atoms with Gasteiger partial charge in [0.05, 0.1) is 0 Å². The Labute approximate surface area is 123 Å². The summed E-state index contributed by atoms with van der Waals surface area (Å²) in [4.78, 5) is 0. The quantitative estimate of drug-likeness (QED) is 0.834. The van der Waals surface area contributed by atoms with E-state index in [1.807, 2.05) is 0 Å². The molecule has 0 bridgehead atoms. The molecule has 1 aromatic rings. The van der Waals surface area contributed by atoms with Crippen LogP contribution in [-0.2, 0) is 0 Å². The molecule has 1 fully saturated rings. The molecule has 1 aliphatic carbocycles. The van der Waals surface area contributed by atoms with Gasteiger partial charge in [-0.25, -0.2) is 0 Å². The maximum Gasteiger partial charge on any atom is 0.119 e. The van der Waals surface area contributed by atoms with Crippen LogP contribution in [0, 0.1) is 12.8 Å². The first-order valence-electron chi connectivity index (χ1n) is 8.19. The average Bonchev–Trinajstić information content (AvgIpc) is 2.48. The second kappa shape index (κ2) is 7.68. The molecule has 20 heavy (non-hydrogen) atoms. The predicted molar refractivity (Wildman–Crippen MR) is 85.3 cm³/mol. The van der Waals surface area contributed by atoms with Gasteiger partial charge in [0, 0.05) is 6.04 Å². The molecule has 2 nitrogen and oxygen atoms in total. The lowest BCUT2D eigenvalue weighted by molar-refractivity contribution is 0.0849. The number of ether oxygens (including phenoxy) is 1. The summed E-state index contributed by atoms with van der Waals surface area (Å²) >= 11 is 0. The Morgan fingerprint density at radius 2 is 1.90 bits per heavy atom. The Hall–Kier alpha value is -1.02. The van der Waals surface area contributed by atoms with E-state index in [-0.39, 0.29) is 0 Å². The molecule has 1 saturated carbocycles. The summed E-state index contributed by atoms with van der Waals surface area (Å²) in [5, 5.41) is 3.67. The van der Waals surface area contributed by atoms with Crippen LogP contribution in [0.1, 0.15) is 51.5 Å². The lowest BCUT2D eigenvalue weighted by atomic mass is 9.82. The van der Waals surface area contributed by atoms with Crippen LogP contribution in [-0.4, -0.2) is 18.7 Å². The molecule has 0 amide bonds. The summed E-state index contributed by atoms with van der Waals surface area (Å²) in [6, 6.07) is 8.97. The van der Waals surface area contributed by atoms with E-state index in [0.29, 0.717) is 12.1 Å². The minimum absolute atomic E-state index is 0.322. The van der Waals surface area contributed by atoms with Crippen molar-refractivity contribution in [2.45, 2.75) is 65.0 Å². The fourth-order valence-corrected chi connectivity index (χ4v) is 3.07. The van der Waals surface area contributed by atoms with E-state index < -0.39 is 0 Å². The third kappa shape index (κ3) is 4.24. The van der Waals surface area contributed by atoms with Crippen molar-refractivity contribution >= 4 is 0 Å². The monoisotopic (exact) mass is 275 g/mol. The van der Waals surface area contributed by atoms with Gasteiger partial charge in [0.25, 0.3) is 0 Å². The molecule has 3 unspecified atom stereocenters. The van der Waals surface area contributed by atoms with Crippen LogP contribution < -0.4 is 10.1 Å². The van der Waals surface area contributed by atoms with Crippen molar-refractivity contribution in [2.75, 3.05) is 6.54 Å². The van der Waals surface area contributed by atoms with Crippen LogP contribution in [0.25, 0.3) is 0 Å². The van der Waals surface area contributed by atoms with E-state index in [1.165, 1.54) is 37.7 Å². The maximum absolute atomic E-state index is 6.29.